The van der Waals surface area contributed by atoms with E-state index in [-0.39, 0.29) is 6.03 Å². The van der Waals surface area contributed by atoms with E-state index in [1.54, 1.807) is 17.3 Å². The first-order chi connectivity index (χ1) is 10.7. The molecule has 22 heavy (non-hydrogen) atoms. The summed E-state index contributed by atoms with van der Waals surface area (Å²) in [4.78, 5) is 20.0. The van der Waals surface area contributed by atoms with Crippen LogP contribution >= 0.6 is 11.6 Å². The summed E-state index contributed by atoms with van der Waals surface area (Å²) < 4.78 is 0. The Morgan fingerprint density at radius 2 is 2.00 bits per heavy atom. The molecule has 0 unspecified atom stereocenters. The van der Waals surface area contributed by atoms with Crippen LogP contribution in [0.4, 0.5) is 10.5 Å². The van der Waals surface area contributed by atoms with Crippen LogP contribution in [0.2, 0.25) is 5.02 Å². The number of rotatable bonds is 4. The Balaban J connectivity index is 1.61. The van der Waals surface area contributed by atoms with Crippen LogP contribution in [0, 0.1) is 0 Å². The summed E-state index contributed by atoms with van der Waals surface area (Å²) in [6, 6.07) is 11.4. The van der Waals surface area contributed by atoms with Gasteiger partial charge in [0.1, 0.15) is 0 Å². The number of pyridine rings is 1. The monoisotopic (exact) mass is 313 g/mol. The van der Waals surface area contributed by atoms with Crippen LogP contribution in [0.1, 0.15) is 5.56 Å². The summed E-state index contributed by atoms with van der Waals surface area (Å²) in [5.74, 6) is 0. The van der Waals surface area contributed by atoms with E-state index in [2.05, 4.69) is 4.98 Å². The zero-order valence-electron chi connectivity index (χ0n) is 12.0. The fraction of sp³-hybridized carbons (Fsp3) is 0.176. The first-order valence-corrected chi connectivity index (χ1v) is 7.50. The highest BCUT2D eigenvalue weighted by molar-refractivity contribution is 6.30. The molecule has 1 saturated heterocycles. The predicted octanol–water partition coefficient (Wildman–Crippen LogP) is 3.69. The van der Waals surface area contributed by atoms with Gasteiger partial charge in [-0.15, -0.1) is 0 Å². The smallest absolute Gasteiger partial charge is 0.319 e. The third-order valence-electron chi connectivity index (χ3n) is 3.55. The molecule has 2 aromatic rings. The van der Waals surface area contributed by atoms with E-state index in [4.69, 9.17) is 11.6 Å². The van der Waals surface area contributed by atoms with Crippen molar-refractivity contribution < 1.29 is 4.79 Å². The van der Waals surface area contributed by atoms with Gasteiger partial charge in [-0.2, -0.15) is 0 Å². The summed E-state index contributed by atoms with van der Waals surface area (Å²) in [6.45, 7) is 2.02. The number of aromatic nitrogens is 1. The first-order valence-electron chi connectivity index (χ1n) is 7.12. The second kappa shape index (κ2) is 6.62. The molecule has 0 atom stereocenters. The van der Waals surface area contributed by atoms with Crippen LogP contribution in [-0.4, -0.2) is 35.5 Å². The molecule has 1 aliphatic heterocycles. The van der Waals surface area contributed by atoms with Crippen molar-refractivity contribution in [2.45, 2.75) is 0 Å². The molecule has 0 N–H and O–H groups in total. The minimum absolute atomic E-state index is 0.0296. The van der Waals surface area contributed by atoms with Crippen LogP contribution in [0.25, 0.3) is 6.08 Å². The van der Waals surface area contributed by atoms with E-state index in [0.29, 0.717) is 18.1 Å². The topological polar surface area (TPSA) is 36.4 Å². The van der Waals surface area contributed by atoms with Gasteiger partial charge in [-0.3, -0.25) is 9.88 Å². The number of hydrogen-bond donors (Lipinski definition) is 0. The fourth-order valence-electron chi connectivity index (χ4n) is 2.44. The normalized spacial score (nSPS) is 15.0. The Kier molecular flexibility index (Phi) is 4.39. The molecule has 0 spiro atoms. The molecule has 0 aliphatic carbocycles. The highest BCUT2D eigenvalue weighted by Gasteiger charge is 2.28. The summed E-state index contributed by atoms with van der Waals surface area (Å²) in [5, 5.41) is 0.711. The van der Waals surface area contributed by atoms with Crippen LogP contribution in [0.5, 0.6) is 0 Å². The van der Waals surface area contributed by atoms with Crippen LogP contribution in [0.3, 0.4) is 0 Å². The Bertz CT molecular complexity index is 687. The molecule has 1 fully saturated rings. The molecule has 0 bridgehead atoms. The molecule has 2 amide bonds. The lowest BCUT2D eigenvalue weighted by molar-refractivity contribution is 0.225. The Labute approximate surface area is 134 Å². The van der Waals surface area contributed by atoms with Crippen molar-refractivity contribution in [2.75, 3.05) is 24.5 Å². The summed E-state index contributed by atoms with van der Waals surface area (Å²) in [7, 11) is 0. The average molecular weight is 314 g/mol. The second-order valence-electron chi connectivity index (χ2n) is 5.04. The molecule has 1 aliphatic rings. The van der Waals surface area contributed by atoms with Gasteiger partial charge >= 0.3 is 6.03 Å². The molecule has 112 valence electrons. The van der Waals surface area contributed by atoms with E-state index in [9.17, 15) is 4.79 Å². The second-order valence-corrected chi connectivity index (χ2v) is 5.48. The number of amides is 2. The van der Waals surface area contributed by atoms with Gasteiger partial charge in [0.05, 0.1) is 0 Å². The SMILES string of the molecule is O=C1N(CC=Cc2cccc(Cl)c2)CCN1c1ccncc1. The molecule has 4 nitrogen and oxygen atoms in total. The van der Waals surface area contributed by atoms with Crippen molar-refractivity contribution in [3.05, 3.63) is 65.5 Å². The van der Waals surface area contributed by atoms with Gasteiger partial charge in [0.15, 0.2) is 0 Å². The lowest BCUT2D eigenvalue weighted by Crippen LogP contribution is -2.31. The third-order valence-corrected chi connectivity index (χ3v) is 3.79. The summed E-state index contributed by atoms with van der Waals surface area (Å²) >= 11 is 5.95. The fourth-order valence-corrected chi connectivity index (χ4v) is 2.64. The van der Waals surface area contributed by atoms with Crippen LogP contribution in [0.15, 0.2) is 54.9 Å². The minimum atomic E-state index is 0.0296. The van der Waals surface area contributed by atoms with Crippen molar-refractivity contribution in [1.29, 1.82) is 0 Å². The molecular formula is C17H16ClN3O. The van der Waals surface area contributed by atoms with E-state index in [1.807, 2.05) is 53.5 Å². The molecule has 1 aromatic carbocycles. The number of hydrogen-bond acceptors (Lipinski definition) is 2. The molecule has 3 rings (SSSR count). The van der Waals surface area contributed by atoms with Gasteiger partial charge in [-0.05, 0) is 29.8 Å². The Morgan fingerprint density at radius 3 is 2.77 bits per heavy atom. The Morgan fingerprint density at radius 1 is 1.18 bits per heavy atom. The van der Waals surface area contributed by atoms with Crippen LogP contribution < -0.4 is 4.90 Å². The first kappa shape index (κ1) is 14.6. The molecule has 2 heterocycles. The molecule has 1 aromatic heterocycles. The number of urea groups is 1. The molecular weight excluding hydrogens is 298 g/mol. The van der Waals surface area contributed by atoms with E-state index in [0.717, 1.165) is 17.8 Å². The van der Waals surface area contributed by atoms with Gasteiger partial charge in [-0.1, -0.05) is 35.9 Å². The average Bonchev–Trinajstić information content (AvgIpc) is 2.89. The number of anilines is 1. The standard InChI is InChI=1S/C17H16ClN3O/c18-15-5-1-3-14(13-15)4-2-10-20-11-12-21(17(20)22)16-6-8-19-9-7-16/h1-9,13H,10-12H2. The van der Waals surface area contributed by atoms with Gasteiger partial charge in [0.25, 0.3) is 0 Å². The largest absolute Gasteiger partial charge is 0.324 e. The van der Waals surface area contributed by atoms with Crippen LogP contribution in [-0.2, 0) is 0 Å². The summed E-state index contributed by atoms with van der Waals surface area (Å²) in [5.41, 5.74) is 1.92. The lowest BCUT2D eigenvalue weighted by atomic mass is 10.2. The quantitative estimate of drug-likeness (QED) is 0.863. The van der Waals surface area contributed by atoms with Crippen molar-refractivity contribution in [3.63, 3.8) is 0 Å². The Hall–Kier alpha value is -2.33. The predicted molar refractivity (Wildman–Crippen MR) is 89.0 cm³/mol. The third kappa shape index (κ3) is 3.28. The van der Waals surface area contributed by atoms with Crippen molar-refractivity contribution in [1.82, 2.24) is 9.88 Å². The highest BCUT2D eigenvalue weighted by Crippen LogP contribution is 2.19. The zero-order valence-corrected chi connectivity index (χ0v) is 12.8. The summed E-state index contributed by atoms with van der Waals surface area (Å²) in [6.07, 6.45) is 7.36. The maximum absolute atomic E-state index is 12.4. The number of carbonyl (C=O) groups is 1. The number of nitrogens with zero attached hydrogens (tertiary/aromatic N) is 3. The maximum Gasteiger partial charge on any atom is 0.324 e. The lowest BCUT2D eigenvalue weighted by Gasteiger charge is -2.17. The van der Waals surface area contributed by atoms with Crippen molar-refractivity contribution >= 4 is 29.4 Å². The number of halogens is 1. The molecule has 5 heteroatoms. The van der Waals surface area contributed by atoms with Crippen molar-refractivity contribution in [3.8, 4) is 0 Å². The van der Waals surface area contributed by atoms with Gasteiger partial charge in [0, 0.05) is 42.7 Å². The van der Waals surface area contributed by atoms with Gasteiger partial charge in [0.2, 0.25) is 0 Å². The number of benzene rings is 1. The van der Waals surface area contributed by atoms with E-state index in [1.165, 1.54) is 0 Å². The van der Waals surface area contributed by atoms with Crippen molar-refractivity contribution in [2.24, 2.45) is 0 Å². The highest BCUT2D eigenvalue weighted by atomic mass is 35.5. The minimum Gasteiger partial charge on any atom is -0.319 e. The number of carbonyl (C=O) groups excluding carboxylic acids is 1. The van der Waals surface area contributed by atoms with Gasteiger partial charge in [-0.25, -0.2) is 4.79 Å². The van der Waals surface area contributed by atoms with E-state index >= 15 is 0 Å². The van der Waals surface area contributed by atoms with Gasteiger partial charge < -0.3 is 4.90 Å². The zero-order chi connectivity index (χ0) is 15.4. The van der Waals surface area contributed by atoms with E-state index < -0.39 is 0 Å². The maximum atomic E-state index is 12.4. The molecule has 0 radical (unpaired) electrons. The molecule has 0 saturated carbocycles.